The molecule has 0 bridgehead atoms. The van der Waals surface area contributed by atoms with Crippen molar-refractivity contribution in [3.05, 3.63) is 17.7 Å². The maximum atomic E-state index is 12.4. The first-order chi connectivity index (χ1) is 7.51. The van der Waals surface area contributed by atoms with E-state index in [0.717, 1.165) is 0 Å². The monoisotopic (exact) mass is 233 g/mol. The molecule has 4 nitrogen and oxygen atoms in total. The Balaban J connectivity index is 3.21. The minimum atomic E-state index is -2.70. The van der Waals surface area contributed by atoms with Crippen LogP contribution in [-0.2, 0) is 0 Å². The number of aromatic hydroxyl groups is 1. The molecule has 0 aliphatic rings. The van der Waals surface area contributed by atoms with Gasteiger partial charge in [0, 0.05) is 0 Å². The minimum absolute atomic E-state index is 0.0467. The van der Waals surface area contributed by atoms with Gasteiger partial charge in [0.25, 0.3) is 6.43 Å². The zero-order chi connectivity index (χ0) is 12.3. The van der Waals surface area contributed by atoms with Crippen molar-refractivity contribution in [2.45, 2.75) is 12.5 Å². The molecule has 3 N–H and O–H groups in total. The molecule has 0 aliphatic heterocycles. The Labute approximate surface area is 91.6 Å². The smallest absolute Gasteiger partial charge is 0.257 e. The molecule has 90 valence electrons. The van der Waals surface area contributed by atoms with Crippen molar-refractivity contribution >= 4 is 0 Å². The first-order valence-electron chi connectivity index (χ1n) is 4.49. The summed E-state index contributed by atoms with van der Waals surface area (Å²) >= 11 is 0. The summed E-state index contributed by atoms with van der Waals surface area (Å²) in [6.07, 6.45) is -2.70. The second-order valence-electron chi connectivity index (χ2n) is 3.13. The lowest BCUT2D eigenvalue weighted by molar-refractivity contribution is 0.116. The standard InChI is InChI=1S/C10H13F2NO3/c1-15-6-3-5(8(13)10(11)12)4-7(16-2)9(6)14/h3-4,8,10,14H,13H2,1-2H3. The molecule has 1 aromatic rings. The molecule has 0 fully saturated rings. The topological polar surface area (TPSA) is 64.7 Å². The fraction of sp³-hybridized carbons (Fsp3) is 0.400. The average molecular weight is 233 g/mol. The summed E-state index contributed by atoms with van der Waals surface area (Å²) in [5, 5.41) is 9.56. The molecule has 1 atom stereocenters. The third-order valence-corrected chi connectivity index (χ3v) is 2.16. The van der Waals surface area contributed by atoms with E-state index < -0.39 is 12.5 Å². The zero-order valence-electron chi connectivity index (χ0n) is 8.91. The fourth-order valence-electron chi connectivity index (χ4n) is 1.25. The number of hydrogen-bond donors (Lipinski definition) is 2. The van der Waals surface area contributed by atoms with Gasteiger partial charge in [0.15, 0.2) is 11.5 Å². The number of hydrogen-bond acceptors (Lipinski definition) is 4. The van der Waals surface area contributed by atoms with Crippen LogP contribution in [0.5, 0.6) is 17.2 Å². The van der Waals surface area contributed by atoms with E-state index in [-0.39, 0.29) is 22.8 Å². The molecule has 0 saturated carbocycles. The Morgan fingerprint density at radius 3 is 1.94 bits per heavy atom. The highest BCUT2D eigenvalue weighted by molar-refractivity contribution is 5.53. The Hall–Kier alpha value is -1.56. The summed E-state index contributed by atoms with van der Waals surface area (Å²) in [7, 11) is 2.62. The summed E-state index contributed by atoms with van der Waals surface area (Å²) in [5.74, 6) is -0.147. The lowest BCUT2D eigenvalue weighted by Gasteiger charge is -2.15. The molecular formula is C10H13F2NO3. The largest absolute Gasteiger partial charge is 0.502 e. The molecule has 1 aromatic carbocycles. The maximum absolute atomic E-state index is 12.4. The molecule has 0 radical (unpaired) electrons. The van der Waals surface area contributed by atoms with Crippen LogP contribution in [-0.4, -0.2) is 25.8 Å². The molecule has 0 aromatic heterocycles. The van der Waals surface area contributed by atoms with Gasteiger partial charge in [-0.25, -0.2) is 8.78 Å². The lowest BCUT2D eigenvalue weighted by atomic mass is 10.1. The van der Waals surface area contributed by atoms with E-state index in [1.54, 1.807) is 0 Å². The zero-order valence-corrected chi connectivity index (χ0v) is 8.91. The van der Waals surface area contributed by atoms with E-state index in [1.807, 2.05) is 0 Å². The summed E-state index contributed by atoms with van der Waals surface area (Å²) in [6, 6.07) is 1.08. The van der Waals surface area contributed by atoms with Crippen LogP contribution < -0.4 is 15.2 Å². The molecule has 0 amide bonds. The van der Waals surface area contributed by atoms with Crippen molar-refractivity contribution in [3.8, 4) is 17.2 Å². The molecule has 0 aliphatic carbocycles. The normalized spacial score (nSPS) is 12.6. The molecule has 0 spiro atoms. The summed E-state index contributed by atoms with van der Waals surface area (Å²) < 4.78 is 34.5. The average Bonchev–Trinajstić information content (AvgIpc) is 2.28. The fourth-order valence-corrected chi connectivity index (χ4v) is 1.25. The van der Waals surface area contributed by atoms with Crippen LogP contribution in [0.15, 0.2) is 12.1 Å². The van der Waals surface area contributed by atoms with Crippen LogP contribution in [0.2, 0.25) is 0 Å². The maximum Gasteiger partial charge on any atom is 0.257 e. The molecule has 16 heavy (non-hydrogen) atoms. The number of methoxy groups -OCH3 is 2. The van der Waals surface area contributed by atoms with Gasteiger partial charge in [-0.2, -0.15) is 0 Å². The first-order valence-corrected chi connectivity index (χ1v) is 4.49. The predicted molar refractivity (Wildman–Crippen MR) is 54.1 cm³/mol. The Morgan fingerprint density at radius 1 is 1.19 bits per heavy atom. The predicted octanol–water partition coefficient (Wildman–Crippen LogP) is 1.67. The number of phenols is 1. The molecular weight excluding hydrogens is 220 g/mol. The van der Waals surface area contributed by atoms with Crippen molar-refractivity contribution in [1.29, 1.82) is 0 Å². The van der Waals surface area contributed by atoms with Crippen molar-refractivity contribution in [2.24, 2.45) is 5.73 Å². The number of rotatable bonds is 4. The van der Waals surface area contributed by atoms with E-state index >= 15 is 0 Å². The Morgan fingerprint density at radius 2 is 1.62 bits per heavy atom. The van der Waals surface area contributed by atoms with Crippen molar-refractivity contribution < 1.29 is 23.4 Å². The van der Waals surface area contributed by atoms with Crippen molar-refractivity contribution in [3.63, 3.8) is 0 Å². The number of benzene rings is 1. The van der Waals surface area contributed by atoms with Crippen molar-refractivity contribution in [1.82, 2.24) is 0 Å². The van der Waals surface area contributed by atoms with Gasteiger partial charge in [-0.1, -0.05) is 0 Å². The van der Waals surface area contributed by atoms with Gasteiger partial charge in [-0.15, -0.1) is 0 Å². The Kier molecular flexibility index (Phi) is 3.89. The van der Waals surface area contributed by atoms with E-state index in [2.05, 4.69) is 0 Å². The number of halogens is 2. The SMILES string of the molecule is COc1cc(C(N)C(F)F)cc(OC)c1O. The van der Waals surface area contributed by atoms with Crippen LogP contribution in [0.3, 0.4) is 0 Å². The van der Waals surface area contributed by atoms with Gasteiger partial charge in [0.1, 0.15) is 0 Å². The molecule has 1 rings (SSSR count). The third-order valence-electron chi connectivity index (χ3n) is 2.16. The number of nitrogens with two attached hydrogens (primary N) is 1. The first kappa shape index (κ1) is 12.5. The van der Waals surface area contributed by atoms with Crippen LogP contribution >= 0.6 is 0 Å². The third kappa shape index (κ3) is 2.33. The van der Waals surface area contributed by atoms with Crippen LogP contribution in [0.4, 0.5) is 8.78 Å². The summed E-state index contributed by atoms with van der Waals surface area (Å²) in [4.78, 5) is 0. The molecule has 0 heterocycles. The number of phenolic OH excluding ortho intramolecular Hbond substituents is 1. The van der Waals surface area contributed by atoms with E-state index in [9.17, 15) is 13.9 Å². The van der Waals surface area contributed by atoms with Crippen LogP contribution in [0, 0.1) is 0 Å². The highest BCUT2D eigenvalue weighted by atomic mass is 19.3. The summed E-state index contributed by atoms with van der Waals surface area (Å²) in [5.41, 5.74) is 5.43. The van der Waals surface area contributed by atoms with Gasteiger partial charge in [0.2, 0.25) is 5.75 Å². The van der Waals surface area contributed by atoms with Gasteiger partial charge < -0.3 is 20.3 Å². The number of alkyl halides is 2. The van der Waals surface area contributed by atoms with Crippen LogP contribution in [0.1, 0.15) is 11.6 Å². The minimum Gasteiger partial charge on any atom is -0.502 e. The van der Waals surface area contributed by atoms with E-state index in [4.69, 9.17) is 15.2 Å². The second-order valence-corrected chi connectivity index (χ2v) is 3.13. The summed E-state index contributed by atoms with van der Waals surface area (Å²) in [6.45, 7) is 0. The molecule has 6 heteroatoms. The van der Waals surface area contributed by atoms with Gasteiger partial charge in [0.05, 0.1) is 20.3 Å². The second kappa shape index (κ2) is 4.98. The molecule has 0 saturated heterocycles. The van der Waals surface area contributed by atoms with E-state index in [1.165, 1.54) is 26.4 Å². The highest BCUT2D eigenvalue weighted by Gasteiger charge is 2.21. The number of ether oxygens (including phenoxy) is 2. The van der Waals surface area contributed by atoms with Gasteiger partial charge >= 0.3 is 0 Å². The van der Waals surface area contributed by atoms with Crippen LogP contribution in [0.25, 0.3) is 0 Å². The Bertz CT molecular complexity index is 346. The van der Waals surface area contributed by atoms with Gasteiger partial charge in [-0.05, 0) is 17.7 Å². The quantitative estimate of drug-likeness (QED) is 0.830. The lowest BCUT2D eigenvalue weighted by Crippen LogP contribution is -2.19. The van der Waals surface area contributed by atoms with E-state index in [0.29, 0.717) is 0 Å². The van der Waals surface area contributed by atoms with Crippen molar-refractivity contribution in [2.75, 3.05) is 14.2 Å². The molecule has 1 unspecified atom stereocenters. The van der Waals surface area contributed by atoms with Gasteiger partial charge in [-0.3, -0.25) is 0 Å². The highest BCUT2D eigenvalue weighted by Crippen LogP contribution is 2.39.